The maximum absolute atomic E-state index is 14.1. The summed E-state index contributed by atoms with van der Waals surface area (Å²) in [5.41, 5.74) is 3.11. The van der Waals surface area contributed by atoms with Gasteiger partial charge in [0.2, 0.25) is 0 Å². The number of hydrogen-bond acceptors (Lipinski definition) is 3. The number of benzene rings is 3. The van der Waals surface area contributed by atoms with Crippen LogP contribution in [0.4, 0.5) is 10.1 Å². The number of halogens is 3. The molecule has 1 aliphatic heterocycles. The second-order valence-electron chi connectivity index (χ2n) is 6.64. The third-order valence-electron chi connectivity index (χ3n) is 4.66. The van der Waals surface area contributed by atoms with Crippen molar-refractivity contribution in [2.24, 2.45) is 0 Å². The van der Waals surface area contributed by atoms with Crippen LogP contribution in [0.25, 0.3) is 11.6 Å². The second-order valence-corrected chi connectivity index (χ2v) is 7.99. The molecule has 1 N–H and O–H groups in total. The summed E-state index contributed by atoms with van der Waals surface area (Å²) in [7, 11) is 1.53. The fraction of sp³-hybridized carbons (Fsp3) is 0.0870. The Kier molecular flexibility index (Phi) is 5.79. The van der Waals surface area contributed by atoms with Crippen molar-refractivity contribution in [2.45, 2.75) is 6.61 Å². The highest BCUT2D eigenvalue weighted by atomic mass is 79.9. The molecule has 0 bridgehead atoms. The number of fused-ring (bicyclic) bond motifs is 1. The number of ether oxygens (including phenoxy) is 2. The SMILES string of the molecule is COc1ccc(/C=C2\C(=O)Nc3ccc(Cl)cc32)cc1OCc1ccc(Br)cc1F. The number of hydrogen-bond donors (Lipinski definition) is 1. The van der Waals surface area contributed by atoms with Crippen LogP contribution in [0.2, 0.25) is 5.02 Å². The Morgan fingerprint density at radius 3 is 2.70 bits per heavy atom. The first-order valence-corrected chi connectivity index (χ1v) is 10.2. The van der Waals surface area contributed by atoms with Gasteiger partial charge in [-0.25, -0.2) is 4.39 Å². The lowest BCUT2D eigenvalue weighted by Gasteiger charge is -2.12. The molecule has 4 nitrogen and oxygen atoms in total. The minimum atomic E-state index is -0.363. The van der Waals surface area contributed by atoms with Crippen LogP contribution in [0.1, 0.15) is 16.7 Å². The Hall–Kier alpha value is -2.83. The standard InChI is InChI=1S/C23H16BrClFNO3/c1-29-21-7-2-13(8-18-17-11-16(25)5-6-20(17)27-23(18)28)9-22(21)30-12-14-3-4-15(24)10-19(14)26/h2-11H,12H2,1H3,(H,27,28)/b18-8-. The molecule has 0 aromatic heterocycles. The van der Waals surface area contributed by atoms with Gasteiger partial charge in [0, 0.05) is 31.9 Å². The van der Waals surface area contributed by atoms with Crippen LogP contribution in [0.5, 0.6) is 11.5 Å². The summed E-state index contributed by atoms with van der Waals surface area (Å²) < 4.78 is 25.9. The highest BCUT2D eigenvalue weighted by Gasteiger charge is 2.24. The predicted molar refractivity (Wildman–Crippen MR) is 119 cm³/mol. The quantitative estimate of drug-likeness (QED) is 0.427. The number of methoxy groups -OCH3 is 1. The number of carbonyl (C=O) groups excluding carboxylic acids is 1. The Morgan fingerprint density at radius 1 is 1.10 bits per heavy atom. The molecule has 0 spiro atoms. The van der Waals surface area contributed by atoms with Crippen molar-refractivity contribution in [3.05, 3.63) is 86.6 Å². The molecule has 0 radical (unpaired) electrons. The molecule has 0 saturated heterocycles. The van der Waals surface area contributed by atoms with Crippen LogP contribution in [0.15, 0.2) is 59.1 Å². The third kappa shape index (κ3) is 4.20. The van der Waals surface area contributed by atoms with Gasteiger partial charge in [-0.15, -0.1) is 0 Å². The second kappa shape index (κ2) is 8.50. The highest BCUT2D eigenvalue weighted by Crippen LogP contribution is 2.36. The highest BCUT2D eigenvalue weighted by molar-refractivity contribution is 9.10. The van der Waals surface area contributed by atoms with Crippen LogP contribution < -0.4 is 14.8 Å². The molecule has 1 heterocycles. The maximum atomic E-state index is 14.1. The van der Waals surface area contributed by atoms with Gasteiger partial charge in [-0.05, 0) is 54.1 Å². The van der Waals surface area contributed by atoms with Gasteiger partial charge in [0.05, 0.1) is 7.11 Å². The first kappa shape index (κ1) is 20.4. The Balaban J connectivity index is 1.64. The van der Waals surface area contributed by atoms with Crippen molar-refractivity contribution in [2.75, 3.05) is 12.4 Å². The van der Waals surface area contributed by atoms with E-state index in [2.05, 4.69) is 21.2 Å². The lowest BCUT2D eigenvalue weighted by Crippen LogP contribution is -2.03. The largest absolute Gasteiger partial charge is 0.493 e. The first-order chi connectivity index (χ1) is 14.4. The average molecular weight is 489 g/mol. The summed E-state index contributed by atoms with van der Waals surface area (Å²) >= 11 is 9.33. The number of carbonyl (C=O) groups is 1. The molecule has 3 aromatic carbocycles. The van der Waals surface area contributed by atoms with E-state index in [-0.39, 0.29) is 18.3 Å². The zero-order chi connectivity index (χ0) is 21.3. The number of rotatable bonds is 5. The van der Waals surface area contributed by atoms with Crippen LogP contribution >= 0.6 is 27.5 Å². The van der Waals surface area contributed by atoms with E-state index in [1.165, 1.54) is 13.2 Å². The zero-order valence-electron chi connectivity index (χ0n) is 15.8. The molecule has 0 atom stereocenters. The molecule has 0 fully saturated rings. The molecule has 152 valence electrons. The summed E-state index contributed by atoms with van der Waals surface area (Å²) in [6, 6.07) is 15.3. The topological polar surface area (TPSA) is 47.6 Å². The molecule has 30 heavy (non-hydrogen) atoms. The molecular formula is C23H16BrClFNO3. The molecule has 1 amide bonds. The minimum Gasteiger partial charge on any atom is -0.493 e. The fourth-order valence-corrected chi connectivity index (χ4v) is 3.67. The van der Waals surface area contributed by atoms with Gasteiger partial charge in [0.15, 0.2) is 11.5 Å². The zero-order valence-corrected chi connectivity index (χ0v) is 18.2. The van der Waals surface area contributed by atoms with E-state index >= 15 is 0 Å². The van der Waals surface area contributed by atoms with Gasteiger partial charge in [0.1, 0.15) is 12.4 Å². The Morgan fingerprint density at radius 2 is 1.93 bits per heavy atom. The van der Waals surface area contributed by atoms with Crippen molar-refractivity contribution in [3.63, 3.8) is 0 Å². The van der Waals surface area contributed by atoms with E-state index in [9.17, 15) is 9.18 Å². The normalized spacial score (nSPS) is 13.9. The van der Waals surface area contributed by atoms with E-state index in [1.54, 1.807) is 48.5 Å². The monoisotopic (exact) mass is 487 g/mol. The lowest BCUT2D eigenvalue weighted by atomic mass is 10.0. The van der Waals surface area contributed by atoms with E-state index in [1.807, 2.05) is 6.07 Å². The van der Waals surface area contributed by atoms with Gasteiger partial charge in [-0.2, -0.15) is 0 Å². The lowest BCUT2D eigenvalue weighted by molar-refractivity contribution is -0.110. The van der Waals surface area contributed by atoms with Crippen molar-refractivity contribution >= 4 is 50.8 Å². The molecule has 4 rings (SSSR count). The summed E-state index contributed by atoms with van der Waals surface area (Å²) in [6.07, 6.45) is 1.75. The van der Waals surface area contributed by atoms with Crippen molar-refractivity contribution in [1.82, 2.24) is 0 Å². The van der Waals surface area contributed by atoms with Crippen molar-refractivity contribution < 1.29 is 18.7 Å². The summed E-state index contributed by atoms with van der Waals surface area (Å²) in [5.74, 6) is 0.382. The molecule has 3 aromatic rings. The Labute approximate surface area is 186 Å². The molecular weight excluding hydrogens is 473 g/mol. The van der Waals surface area contributed by atoms with E-state index in [4.69, 9.17) is 21.1 Å². The number of nitrogens with one attached hydrogen (secondary N) is 1. The van der Waals surface area contributed by atoms with E-state index in [0.717, 1.165) is 11.1 Å². The number of anilines is 1. The molecule has 0 unspecified atom stereocenters. The van der Waals surface area contributed by atoms with Crippen LogP contribution in [-0.2, 0) is 11.4 Å². The third-order valence-corrected chi connectivity index (χ3v) is 5.39. The van der Waals surface area contributed by atoms with E-state index < -0.39 is 0 Å². The molecule has 0 aliphatic carbocycles. The average Bonchev–Trinajstić information content (AvgIpc) is 3.02. The van der Waals surface area contributed by atoms with Gasteiger partial charge < -0.3 is 14.8 Å². The summed E-state index contributed by atoms with van der Waals surface area (Å²) in [6.45, 7) is 0.0361. The maximum Gasteiger partial charge on any atom is 0.256 e. The smallest absolute Gasteiger partial charge is 0.256 e. The van der Waals surface area contributed by atoms with Gasteiger partial charge in [0.25, 0.3) is 5.91 Å². The van der Waals surface area contributed by atoms with Crippen LogP contribution in [0.3, 0.4) is 0 Å². The number of amides is 1. The van der Waals surface area contributed by atoms with Crippen LogP contribution in [-0.4, -0.2) is 13.0 Å². The molecule has 1 aliphatic rings. The Bertz CT molecular complexity index is 1180. The molecule has 0 saturated carbocycles. The van der Waals surface area contributed by atoms with Gasteiger partial charge in [-0.3, -0.25) is 4.79 Å². The van der Waals surface area contributed by atoms with Gasteiger partial charge >= 0.3 is 0 Å². The van der Waals surface area contributed by atoms with Crippen molar-refractivity contribution in [1.29, 1.82) is 0 Å². The first-order valence-electron chi connectivity index (χ1n) is 9.02. The van der Waals surface area contributed by atoms with Crippen LogP contribution in [0, 0.1) is 5.82 Å². The van der Waals surface area contributed by atoms with Crippen molar-refractivity contribution in [3.8, 4) is 11.5 Å². The van der Waals surface area contributed by atoms with E-state index in [0.29, 0.717) is 37.8 Å². The summed E-state index contributed by atoms with van der Waals surface area (Å²) in [5, 5.41) is 3.37. The van der Waals surface area contributed by atoms with Gasteiger partial charge in [-0.1, -0.05) is 39.7 Å². The predicted octanol–water partition coefficient (Wildman–Crippen LogP) is 6.32. The summed E-state index contributed by atoms with van der Waals surface area (Å²) in [4.78, 5) is 12.4. The minimum absolute atomic E-state index is 0.0361. The molecule has 7 heteroatoms. The fourth-order valence-electron chi connectivity index (χ4n) is 3.16.